The summed E-state index contributed by atoms with van der Waals surface area (Å²) < 4.78 is 0. The second kappa shape index (κ2) is 9.03. The normalized spacial score (nSPS) is 15.9. The molecule has 0 spiro atoms. The lowest BCUT2D eigenvalue weighted by Crippen LogP contribution is -2.49. The van der Waals surface area contributed by atoms with Crippen LogP contribution in [0.2, 0.25) is 5.02 Å². The van der Waals surface area contributed by atoms with Gasteiger partial charge in [0, 0.05) is 49.0 Å². The molecule has 0 saturated carbocycles. The first-order valence-corrected chi connectivity index (χ1v) is 9.57. The van der Waals surface area contributed by atoms with E-state index in [0.717, 1.165) is 37.4 Å². The molecule has 0 radical (unpaired) electrons. The SMILES string of the molecule is C[C@@H](NC(=O)CN1CCN(c2ccc([N+](=O)[O-])cc2)CC1)c1ccccc1Cl. The highest BCUT2D eigenvalue weighted by Crippen LogP contribution is 2.22. The van der Waals surface area contributed by atoms with Gasteiger partial charge in [-0.2, -0.15) is 0 Å². The number of hydrogen-bond acceptors (Lipinski definition) is 5. The number of carbonyl (C=O) groups is 1. The van der Waals surface area contributed by atoms with Crippen LogP contribution in [0.4, 0.5) is 11.4 Å². The molecule has 1 fully saturated rings. The van der Waals surface area contributed by atoms with E-state index in [2.05, 4.69) is 15.1 Å². The molecule has 0 aliphatic carbocycles. The van der Waals surface area contributed by atoms with Gasteiger partial charge in [-0.1, -0.05) is 29.8 Å². The molecule has 28 heavy (non-hydrogen) atoms. The Morgan fingerprint density at radius 2 is 1.79 bits per heavy atom. The topological polar surface area (TPSA) is 78.7 Å². The van der Waals surface area contributed by atoms with Crippen LogP contribution >= 0.6 is 11.6 Å². The number of amides is 1. The van der Waals surface area contributed by atoms with Gasteiger partial charge >= 0.3 is 0 Å². The van der Waals surface area contributed by atoms with Crippen LogP contribution in [0.3, 0.4) is 0 Å². The third-order valence-corrected chi connectivity index (χ3v) is 5.26. The number of carbonyl (C=O) groups excluding carboxylic acids is 1. The Morgan fingerprint density at radius 3 is 2.39 bits per heavy atom. The minimum atomic E-state index is -0.399. The number of nitro groups is 1. The largest absolute Gasteiger partial charge is 0.369 e. The number of benzene rings is 2. The second-order valence-corrected chi connectivity index (χ2v) is 7.25. The first kappa shape index (κ1) is 20.1. The molecule has 1 amide bonds. The van der Waals surface area contributed by atoms with Crippen LogP contribution in [0.25, 0.3) is 0 Å². The molecule has 3 rings (SSSR count). The predicted molar refractivity (Wildman–Crippen MR) is 110 cm³/mol. The van der Waals surface area contributed by atoms with Crippen molar-refractivity contribution in [3.8, 4) is 0 Å². The van der Waals surface area contributed by atoms with Crippen molar-refractivity contribution in [2.45, 2.75) is 13.0 Å². The van der Waals surface area contributed by atoms with Gasteiger partial charge in [0.25, 0.3) is 5.69 Å². The fraction of sp³-hybridized carbons (Fsp3) is 0.350. The monoisotopic (exact) mass is 402 g/mol. The minimum absolute atomic E-state index is 0.0313. The van der Waals surface area contributed by atoms with Crippen LogP contribution in [0.5, 0.6) is 0 Å². The summed E-state index contributed by atoms with van der Waals surface area (Å²) >= 11 is 6.19. The quantitative estimate of drug-likeness (QED) is 0.592. The summed E-state index contributed by atoms with van der Waals surface area (Å²) in [7, 11) is 0. The van der Waals surface area contributed by atoms with E-state index in [1.165, 1.54) is 12.1 Å². The van der Waals surface area contributed by atoms with Gasteiger partial charge in [-0.05, 0) is 30.7 Å². The van der Waals surface area contributed by atoms with E-state index in [9.17, 15) is 14.9 Å². The molecule has 1 aliphatic heterocycles. The lowest BCUT2D eigenvalue weighted by atomic mass is 10.1. The zero-order chi connectivity index (χ0) is 20.1. The highest BCUT2D eigenvalue weighted by Gasteiger charge is 2.21. The number of anilines is 1. The van der Waals surface area contributed by atoms with Gasteiger partial charge < -0.3 is 10.2 Å². The van der Waals surface area contributed by atoms with Gasteiger partial charge in [-0.15, -0.1) is 0 Å². The fourth-order valence-corrected chi connectivity index (χ4v) is 3.64. The molecule has 1 N–H and O–H groups in total. The molecule has 7 nitrogen and oxygen atoms in total. The van der Waals surface area contributed by atoms with Crippen LogP contribution in [-0.2, 0) is 4.79 Å². The zero-order valence-corrected chi connectivity index (χ0v) is 16.4. The van der Waals surface area contributed by atoms with Gasteiger partial charge in [0.15, 0.2) is 0 Å². The van der Waals surface area contributed by atoms with Gasteiger partial charge in [0.05, 0.1) is 17.5 Å². The van der Waals surface area contributed by atoms with Crippen LogP contribution in [-0.4, -0.2) is 48.5 Å². The number of nitro benzene ring substituents is 1. The fourth-order valence-electron chi connectivity index (χ4n) is 3.34. The maximum Gasteiger partial charge on any atom is 0.269 e. The van der Waals surface area contributed by atoms with Crippen molar-refractivity contribution in [2.24, 2.45) is 0 Å². The lowest BCUT2D eigenvalue weighted by molar-refractivity contribution is -0.384. The summed E-state index contributed by atoms with van der Waals surface area (Å²) in [6.07, 6.45) is 0. The second-order valence-electron chi connectivity index (χ2n) is 6.85. The molecule has 148 valence electrons. The van der Waals surface area contributed by atoms with Gasteiger partial charge in [-0.3, -0.25) is 19.8 Å². The number of non-ortho nitro benzene ring substituents is 1. The van der Waals surface area contributed by atoms with Crippen molar-refractivity contribution < 1.29 is 9.72 Å². The number of hydrogen-bond donors (Lipinski definition) is 1. The molecule has 2 aromatic carbocycles. The summed E-state index contributed by atoms with van der Waals surface area (Å²) in [5.74, 6) is -0.0313. The van der Waals surface area contributed by atoms with E-state index < -0.39 is 4.92 Å². The van der Waals surface area contributed by atoms with E-state index >= 15 is 0 Å². The van der Waals surface area contributed by atoms with E-state index in [1.807, 2.05) is 31.2 Å². The molecule has 8 heteroatoms. The van der Waals surface area contributed by atoms with Crippen LogP contribution in [0.1, 0.15) is 18.5 Å². The third-order valence-electron chi connectivity index (χ3n) is 4.91. The van der Waals surface area contributed by atoms with Crippen LogP contribution in [0, 0.1) is 10.1 Å². The van der Waals surface area contributed by atoms with Gasteiger partial charge in [0.2, 0.25) is 5.91 Å². The van der Waals surface area contributed by atoms with Crippen LogP contribution in [0.15, 0.2) is 48.5 Å². The summed E-state index contributed by atoms with van der Waals surface area (Å²) in [4.78, 5) is 27.0. The molecule has 1 saturated heterocycles. The Bertz CT molecular complexity index is 836. The number of nitrogens with zero attached hydrogens (tertiary/aromatic N) is 3. The van der Waals surface area contributed by atoms with Crippen molar-refractivity contribution in [2.75, 3.05) is 37.6 Å². The summed E-state index contributed by atoms with van der Waals surface area (Å²) in [6.45, 7) is 5.31. The summed E-state index contributed by atoms with van der Waals surface area (Å²) in [5, 5.41) is 14.4. The minimum Gasteiger partial charge on any atom is -0.369 e. The van der Waals surface area contributed by atoms with Crippen molar-refractivity contribution in [3.05, 3.63) is 69.2 Å². The number of rotatable bonds is 6. The first-order valence-electron chi connectivity index (χ1n) is 9.19. The number of nitrogens with one attached hydrogen (secondary N) is 1. The predicted octanol–water partition coefficient (Wildman–Crippen LogP) is 3.25. The van der Waals surface area contributed by atoms with Gasteiger partial charge in [-0.25, -0.2) is 0 Å². The molecular formula is C20H23ClN4O3. The number of piperazine rings is 1. The van der Waals surface area contributed by atoms with Crippen molar-refractivity contribution in [1.82, 2.24) is 10.2 Å². The molecular weight excluding hydrogens is 380 g/mol. The summed E-state index contributed by atoms with van der Waals surface area (Å²) in [6, 6.07) is 13.9. The summed E-state index contributed by atoms with van der Waals surface area (Å²) in [5.41, 5.74) is 1.95. The number of halogens is 1. The van der Waals surface area contributed by atoms with Crippen LogP contribution < -0.4 is 10.2 Å². The van der Waals surface area contributed by atoms with Gasteiger partial charge in [0.1, 0.15) is 0 Å². The average molecular weight is 403 g/mol. The molecule has 1 heterocycles. The van der Waals surface area contributed by atoms with E-state index in [1.54, 1.807) is 12.1 Å². The van der Waals surface area contributed by atoms with Crippen molar-refractivity contribution in [1.29, 1.82) is 0 Å². The maximum atomic E-state index is 12.4. The Hall–Kier alpha value is -2.64. The Kier molecular flexibility index (Phi) is 6.49. The molecule has 0 bridgehead atoms. The molecule has 1 atom stereocenters. The third kappa shape index (κ3) is 4.99. The van der Waals surface area contributed by atoms with Crippen molar-refractivity contribution in [3.63, 3.8) is 0 Å². The molecule has 1 aliphatic rings. The Morgan fingerprint density at radius 1 is 1.14 bits per heavy atom. The molecule has 2 aromatic rings. The smallest absolute Gasteiger partial charge is 0.269 e. The molecule has 0 aromatic heterocycles. The van der Waals surface area contributed by atoms with E-state index in [4.69, 9.17) is 11.6 Å². The average Bonchev–Trinajstić information content (AvgIpc) is 2.69. The standard InChI is InChI=1S/C20H23ClN4O3/c1-15(18-4-2-3-5-19(18)21)22-20(26)14-23-10-12-24(13-11-23)16-6-8-17(9-7-16)25(27)28/h2-9,15H,10-14H2,1H3,(H,22,26)/t15-/m1/s1. The lowest BCUT2D eigenvalue weighted by Gasteiger charge is -2.35. The van der Waals surface area contributed by atoms with E-state index in [0.29, 0.717) is 11.6 Å². The molecule has 0 unspecified atom stereocenters. The van der Waals surface area contributed by atoms with Crippen molar-refractivity contribution >= 4 is 28.9 Å². The maximum absolute atomic E-state index is 12.4. The Balaban J connectivity index is 1.48. The Labute approximate surface area is 169 Å². The highest BCUT2D eigenvalue weighted by atomic mass is 35.5. The first-order chi connectivity index (χ1) is 13.4. The highest BCUT2D eigenvalue weighted by molar-refractivity contribution is 6.31. The zero-order valence-electron chi connectivity index (χ0n) is 15.7. The van der Waals surface area contributed by atoms with E-state index in [-0.39, 0.29) is 17.6 Å².